The van der Waals surface area contributed by atoms with Gasteiger partial charge in [0, 0.05) is 43.2 Å². The molecule has 4 bridgehead atoms. The van der Waals surface area contributed by atoms with E-state index in [1.165, 1.54) is 18.2 Å². The van der Waals surface area contributed by atoms with Crippen molar-refractivity contribution in [3.05, 3.63) is 88.5 Å². The summed E-state index contributed by atoms with van der Waals surface area (Å²) in [6.45, 7) is 1.55. The van der Waals surface area contributed by atoms with Gasteiger partial charge in [-0.3, -0.25) is 14.4 Å². The highest BCUT2D eigenvalue weighted by Gasteiger charge is 2.34. The lowest BCUT2D eigenvalue weighted by Gasteiger charge is -2.39. The minimum Gasteiger partial charge on any atom is -0.497 e. The number of carbonyl (C=O) groups excluding carboxylic acids is 3. The van der Waals surface area contributed by atoms with Gasteiger partial charge in [0.05, 0.1) is 25.9 Å². The van der Waals surface area contributed by atoms with Gasteiger partial charge in [-0.25, -0.2) is 0 Å². The number of piperidine rings is 1. The van der Waals surface area contributed by atoms with Gasteiger partial charge in [0.25, 0.3) is 11.8 Å². The minimum absolute atomic E-state index is 0.0192. The number of hydrogen-bond acceptors (Lipinski definition) is 6. The number of likely N-dealkylation sites (tertiary alicyclic amines) is 1. The van der Waals surface area contributed by atoms with E-state index in [2.05, 4.69) is 16.7 Å². The van der Waals surface area contributed by atoms with Crippen LogP contribution >= 0.6 is 0 Å². The van der Waals surface area contributed by atoms with Crippen LogP contribution in [0.4, 0.5) is 0 Å². The zero-order valence-corrected chi connectivity index (χ0v) is 24.4. The molecule has 224 valence electrons. The highest BCUT2D eigenvalue weighted by Crippen LogP contribution is 2.29. The molecule has 2 aliphatic heterocycles. The lowest BCUT2D eigenvalue weighted by Crippen LogP contribution is -2.57. The van der Waals surface area contributed by atoms with Gasteiger partial charge in [-0.2, -0.15) is 0 Å². The number of carbonyl (C=O) groups is 3. The van der Waals surface area contributed by atoms with E-state index in [1.807, 2.05) is 41.3 Å². The van der Waals surface area contributed by atoms with E-state index < -0.39 is 0 Å². The van der Waals surface area contributed by atoms with Crippen LogP contribution in [-0.4, -0.2) is 61.5 Å². The Kier molecular flexibility index (Phi) is 8.60. The van der Waals surface area contributed by atoms with Gasteiger partial charge in [0.15, 0.2) is 0 Å². The number of benzene rings is 3. The molecule has 3 aromatic carbocycles. The van der Waals surface area contributed by atoms with Crippen molar-refractivity contribution in [2.45, 2.75) is 57.3 Å². The maximum absolute atomic E-state index is 13.5. The average Bonchev–Trinajstić information content (AvgIpc) is 3.50. The second-order valence-electron chi connectivity index (χ2n) is 11.4. The fraction of sp³-hybridized carbons (Fsp3) is 0.382. The van der Waals surface area contributed by atoms with E-state index in [-0.39, 0.29) is 36.3 Å². The van der Waals surface area contributed by atoms with Crippen LogP contribution in [0.5, 0.6) is 17.2 Å². The van der Waals surface area contributed by atoms with Crippen LogP contribution in [0.25, 0.3) is 0 Å². The third-order valence-corrected chi connectivity index (χ3v) is 8.37. The Morgan fingerprint density at radius 1 is 0.953 bits per heavy atom. The molecule has 2 heterocycles. The number of fused-ring (bicyclic) bond motifs is 6. The molecule has 0 radical (unpaired) electrons. The number of amides is 3. The van der Waals surface area contributed by atoms with Crippen LogP contribution in [0.2, 0.25) is 0 Å². The molecular weight excluding hydrogens is 546 g/mol. The number of nitrogens with zero attached hydrogens (tertiary/aromatic N) is 1. The predicted molar refractivity (Wildman–Crippen MR) is 161 cm³/mol. The Bertz CT molecular complexity index is 1520. The second kappa shape index (κ2) is 12.9. The van der Waals surface area contributed by atoms with Crippen molar-refractivity contribution in [3.63, 3.8) is 0 Å². The normalized spacial score (nSPS) is 20.8. The largest absolute Gasteiger partial charge is 0.497 e. The van der Waals surface area contributed by atoms with E-state index in [9.17, 15) is 14.4 Å². The van der Waals surface area contributed by atoms with E-state index in [1.54, 1.807) is 18.2 Å². The summed E-state index contributed by atoms with van der Waals surface area (Å²) in [5.41, 5.74) is 4.59. The molecule has 3 amide bonds. The summed E-state index contributed by atoms with van der Waals surface area (Å²) < 4.78 is 17.9. The molecule has 0 unspecified atom stereocenters. The van der Waals surface area contributed by atoms with Gasteiger partial charge in [0.1, 0.15) is 17.2 Å². The van der Waals surface area contributed by atoms with Crippen LogP contribution in [0, 0.1) is 0 Å². The monoisotopic (exact) mass is 583 g/mol. The first-order valence-electron chi connectivity index (χ1n) is 15.0. The molecule has 43 heavy (non-hydrogen) atoms. The van der Waals surface area contributed by atoms with Gasteiger partial charge < -0.3 is 29.7 Å². The Morgan fingerprint density at radius 3 is 2.72 bits per heavy atom. The predicted octanol–water partition coefficient (Wildman–Crippen LogP) is 4.42. The topological polar surface area (TPSA) is 106 Å². The quantitative estimate of drug-likeness (QED) is 0.463. The van der Waals surface area contributed by atoms with Crippen LogP contribution in [0.15, 0.2) is 60.7 Å². The molecule has 3 aromatic rings. The van der Waals surface area contributed by atoms with Gasteiger partial charge in [-0.05, 0) is 85.2 Å². The van der Waals surface area contributed by atoms with Gasteiger partial charge in [-0.1, -0.05) is 18.2 Å². The maximum Gasteiger partial charge on any atom is 0.253 e. The fourth-order valence-corrected chi connectivity index (χ4v) is 6.09. The fourth-order valence-electron chi connectivity index (χ4n) is 6.09. The van der Waals surface area contributed by atoms with Crippen molar-refractivity contribution in [1.29, 1.82) is 0 Å². The number of hydrogen-bond donors (Lipinski definition) is 2. The summed E-state index contributed by atoms with van der Waals surface area (Å²) in [5, 5.41) is 6.01. The first kappa shape index (κ1) is 28.7. The number of methoxy groups -OCH3 is 1. The zero-order valence-electron chi connectivity index (χ0n) is 24.4. The molecular formula is C34H37N3O6. The first-order chi connectivity index (χ1) is 20.9. The summed E-state index contributed by atoms with van der Waals surface area (Å²) in [7, 11) is 1.54. The van der Waals surface area contributed by atoms with Crippen LogP contribution in [-0.2, 0) is 29.0 Å². The lowest BCUT2D eigenvalue weighted by atomic mass is 9.99. The van der Waals surface area contributed by atoms with Gasteiger partial charge >= 0.3 is 0 Å². The molecule has 1 saturated heterocycles. The van der Waals surface area contributed by atoms with Crippen molar-refractivity contribution in [2.75, 3.05) is 26.7 Å². The van der Waals surface area contributed by atoms with Crippen molar-refractivity contribution in [1.82, 2.24) is 15.5 Å². The summed E-state index contributed by atoms with van der Waals surface area (Å²) in [6, 6.07) is 18.3. The van der Waals surface area contributed by atoms with Crippen molar-refractivity contribution in [2.24, 2.45) is 0 Å². The maximum atomic E-state index is 13.5. The summed E-state index contributed by atoms with van der Waals surface area (Å²) in [6.07, 6.45) is 4.24. The summed E-state index contributed by atoms with van der Waals surface area (Å²) in [4.78, 5) is 41.3. The van der Waals surface area contributed by atoms with E-state index in [4.69, 9.17) is 14.2 Å². The third kappa shape index (κ3) is 6.83. The average molecular weight is 584 g/mol. The number of ether oxygens (including phenoxy) is 3. The standard InChI is InChI=1S/C34H37N3O6/c1-41-28-17-26-18-29(19-28)43-27-8-2-5-22(15-27)21-42-31-12-14-37(20-30(31)36-32(38)9-4-13-35-33(26)39)34(40)25-11-10-23-6-3-7-24(23)16-25/h2,5,8,10-11,15-19,30-31H,3-4,6-7,9,12-14,20-21H2,1H3,(H,35,39)(H,36,38)/t30-,31-/m0/s1. The van der Waals surface area contributed by atoms with Gasteiger partial charge in [0.2, 0.25) is 5.91 Å². The molecule has 9 heteroatoms. The van der Waals surface area contributed by atoms with E-state index in [0.717, 1.165) is 24.8 Å². The van der Waals surface area contributed by atoms with E-state index in [0.29, 0.717) is 67.5 Å². The SMILES string of the molecule is COc1cc2cc(c1)C(=O)NCCCC(=O)N[C@H]1CN(C(=O)c3ccc4c(c3)CCC4)CC[C@@H]1OCc1cccc(c1)O2. The van der Waals surface area contributed by atoms with Crippen LogP contribution in [0.3, 0.4) is 0 Å². The Balaban J connectivity index is 1.21. The molecule has 3 aliphatic rings. The number of nitrogens with one attached hydrogen (secondary N) is 2. The molecule has 1 fully saturated rings. The Labute approximate surface area is 251 Å². The molecule has 0 spiro atoms. The highest BCUT2D eigenvalue weighted by molar-refractivity contribution is 5.95. The molecule has 2 atom stereocenters. The van der Waals surface area contributed by atoms with Crippen molar-refractivity contribution in [3.8, 4) is 17.2 Å². The van der Waals surface area contributed by atoms with Gasteiger partial charge in [-0.15, -0.1) is 0 Å². The molecule has 1 aliphatic carbocycles. The van der Waals surface area contributed by atoms with Crippen LogP contribution < -0.4 is 20.1 Å². The molecule has 9 nitrogen and oxygen atoms in total. The summed E-state index contributed by atoms with van der Waals surface area (Å²) in [5.74, 6) is 1.14. The van der Waals surface area contributed by atoms with Crippen molar-refractivity contribution < 1.29 is 28.6 Å². The van der Waals surface area contributed by atoms with Crippen molar-refractivity contribution >= 4 is 17.7 Å². The Morgan fingerprint density at radius 2 is 1.84 bits per heavy atom. The second-order valence-corrected chi connectivity index (χ2v) is 11.4. The third-order valence-electron chi connectivity index (χ3n) is 8.37. The molecule has 0 saturated carbocycles. The zero-order chi connectivity index (χ0) is 29.8. The smallest absolute Gasteiger partial charge is 0.253 e. The molecule has 2 N–H and O–H groups in total. The highest BCUT2D eigenvalue weighted by atomic mass is 16.5. The van der Waals surface area contributed by atoms with Crippen LogP contribution in [0.1, 0.15) is 63.1 Å². The lowest BCUT2D eigenvalue weighted by molar-refractivity contribution is -0.124. The minimum atomic E-state index is -0.361. The molecule has 6 rings (SSSR count). The van der Waals surface area contributed by atoms with E-state index >= 15 is 0 Å². The number of rotatable bonds is 2. The molecule has 0 aromatic heterocycles. The Hall–Kier alpha value is -4.37. The first-order valence-corrected chi connectivity index (χ1v) is 15.0. The number of aryl methyl sites for hydroxylation is 2. The summed E-state index contributed by atoms with van der Waals surface area (Å²) >= 11 is 0.